The monoisotopic (exact) mass is 331 g/mol. The van der Waals surface area contributed by atoms with Gasteiger partial charge < -0.3 is 10.4 Å². The maximum atomic E-state index is 12.1. The fourth-order valence-corrected chi connectivity index (χ4v) is 2.49. The summed E-state index contributed by atoms with van der Waals surface area (Å²) in [6, 6.07) is 2.76. The number of nitrogens with zero attached hydrogens (tertiary/aromatic N) is 2. The van der Waals surface area contributed by atoms with Crippen LogP contribution >= 0.6 is 34.7 Å². The molecule has 1 heterocycles. The maximum Gasteiger partial charge on any atom is 0.339 e. The van der Waals surface area contributed by atoms with Gasteiger partial charge in [-0.3, -0.25) is 4.79 Å². The zero-order valence-electron chi connectivity index (χ0n) is 9.98. The highest BCUT2D eigenvalue weighted by Gasteiger charge is 2.21. The number of halogens is 2. The molecule has 1 aromatic heterocycles. The number of aromatic carboxylic acids is 1. The van der Waals surface area contributed by atoms with E-state index in [0.29, 0.717) is 5.69 Å². The smallest absolute Gasteiger partial charge is 0.339 e. The van der Waals surface area contributed by atoms with Crippen molar-refractivity contribution in [1.82, 2.24) is 9.59 Å². The van der Waals surface area contributed by atoms with E-state index in [1.165, 1.54) is 12.1 Å². The van der Waals surface area contributed by atoms with Crippen LogP contribution in [0, 0.1) is 6.92 Å². The lowest BCUT2D eigenvalue weighted by Crippen LogP contribution is -2.15. The van der Waals surface area contributed by atoms with Crippen LogP contribution in [0.1, 0.15) is 25.7 Å². The molecule has 0 saturated heterocycles. The molecule has 0 saturated carbocycles. The second-order valence-corrected chi connectivity index (χ2v) is 5.29. The van der Waals surface area contributed by atoms with E-state index in [4.69, 9.17) is 28.3 Å². The zero-order chi connectivity index (χ0) is 14.9. The molecule has 0 spiro atoms. The predicted octanol–water partition coefficient (Wildman–Crippen LogP) is 3.10. The first kappa shape index (κ1) is 14.7. The molecule has 2 rings (SSSR count). The molecule has 0 fully saturated rings. The molecule has 0 unspecified atom stereocenters. The maximum absolute atomic E-state index is 12.1. The van der Waals surface area contributed by atoms with E-state index in [2.05, 4.69) is 14.9 Å². The van der Waals surface area contributed by atoms with Crippen LogP contribution in [0.5, 0.6) is 0 Å². The fourth-order valence-electron chi connectivity index (χ4n) is 1.49. The normalized spacial score (nSPS) is 10.3. The van der Waals surface area contributed by atoms with Gasteiger partial charge in [-0.15, -0.1) is 5.10 Å². The van der Waals surface area contributed by atoms with Crippen molar-refractivity contribution in [3.8, 4) is 0 Å². The number of carboxylic acid groups (broad SMARTS) is 1. The number of hydrogen-bond acceptors (Lipinski definition) is 5. The minimum Gasteiger partial charge on any atom is -0.478 e. The highest BCUT2D eigenvalue weighted by molar-refractivity contribution is 7.08. The summed E-state index contributed by atoms with van der Waals surface area (Å²) in [5.41, 5.74) is 0.134. The Labute approximate surface area is 127 Å². The van der Waals surface area contributed by atoms with Crippen molar-refractivity contribution in [2.24, 2.45) is 0 Å². The van der Waals surface area contributed by atoms with Crippen LogP contribution in [0.15, 0.2) is 12.1 Å². The quantitative estimate of drug-likeness (QED) is 0.901. The first-order valence-corrected chi connectivity index (χ1v) is 6.76. The number of benzene rings is 1. The summed E-state index contributed by atoms with van der Waals surface area (Å²) >= 11 is 12.7. The van der Waals surface area contributed by atoms with Crippen LogP contribution in [-0.4, -0.2) is 26.6 Å². The Balaban J connectivity index is 2.44. The third kappa shape index (κ3) is 2.74. The van der Waals surface area contributed by atoms with E-state index in [-0.39, 0.29) is 26.2 Å². The van der Waals surface area contributed by atoms with E-state index in [1.54, 1.807) is 6.92 Å². The SMILES string of the molecule is Cc1nnsc1C(=O)Nc1c(Cl)ccc(Cl)c1C(=O)O. The van der Waals surface area contributed by atoms with Gasteiger partial charge in [0.15, 0.2) is 0 Å². The molecule has 1 amide bonds. The molecule has 1 aromatic carbocycles. The van der Waals surface area contributed by atoms with Crippen LogP contribution in [0.25, 0.3) is 0 Å². The molecule has 0 atom stereocenters. The molecule has 6 nitrogen and oxygen atoms in total. The molecule has 0 aliphatic carbocycles. The number of nitrogens with one attached hydrogen (secondary N) is 1. The van der Waals surface area contributed by atoms with Crippen molar-refractivity contribution in [2.45, 2.75) is 6.92 Å². The Morgan fingerprint density at radius 2 is 1.95 bits per heavy atom. The summed E-state index contributed by atoms with van der Waals surface area (Å²) in [6.07, 6.45) is 0. The number of aromatic nitrogens is 2. The van der Waals surface area contributed by atoms with Gasteiger partial charge in [0.1, 0.15) is 10.4 Å². The number of carboxylic acids is 1. The van der Waals surface area contributed by atoms with Crippen LogP contribution < -0.4 is 5.32 Å². The lowest BCUT2D eigenvalue weighted by Gasteiger charge is -2.11. The predicted molar refractivity (Wildman–Crippen MR) is 76.0 cm³/mol. The standard InChI is InChI=1S/C11H7Cl2N3O3S/c1-4-9(20-16-15-4)10(17)14-8-6(13)3-2-5(12)7(8)11(18)19/h2-3H,1H3,(H,14,17)(H,18,19). The minimum absolute atomic E-state index is 0.0173. The van der Waals surface area contributed by atoms with Gasteiger partial charge in [-0.2, -0.15) is 0 Å². The number of anilines is 1. The van der Waals surface area contributed by atoms with Gasteiger partial charge in [-0.05, 0) is 30.6 Å². The van der Waals surface area contributed by atoms with Gasteiger partial charge in [-0.25, -0.2) is 4.79 Å². The first-order valence-electron chi connectivity index (χ1n) is 5.23. The molecule has 0 bridgehead atoms. The third-order valence-electron chi connectivity index (χ3n) is 2.41. The number of carbonyl (C=O) groups is 2. The Morgan fingerprint density at radius 3 is 2.50 bits per heavy atom. The number of aryl methyl sites for hydroxylation is 1. The highest BCUT2D eigenvalue weighted by atomic mass is 35.5. The molecule has 0 radical (unpaired) electrons. The van der Waals surface area contributed by atoms with Gasteiger partial charge in [0.2, 0.25) is 0 Å². The topological polar surface area (TPSA) is 92.2 Å². The molecule has 0 aliphatic heterocycles. The van der Waals surface area contributed by atoms with Crippen molar-refractivity contribution >= 4 is 52.3 Å². The number of hydrogen-bond donors (Lipinski definition) is 2. The molecule has 0 aliphatic rings. The Morgan fingerprint density at radius 1 is 1.30 bits per heavy atom. The van der Waals surface area contributed by atoms with Crippen molar-refractivity contribution < 1.29 is 14.7 Å². The van der Waals surface area contributed by atoms with Gasteiger partial charge in [-0.1, -0.05) is 27.7 Å². The van der Waals surface area contributed by atoms with Crippen molar-refractivity contribution in [2.75, 3.05) is 5.32 Å². The van der Waals surface area contributed by atoms with E-state index < -0.39 is 11.9 Å². The molecular formula is C11H7Cl2N3O3S. The minimum atomic E-state index is -1.29. The molecular weight excluding hydrogens is 325 g/mol. The van der Waals surface area contributed by atoms with E-state index >= 15 is 0 Å². The van der Waals surface area contributed by atoms with Crippen LogP contribution in [-0.2, 0) is 0 Å². The van der Waals surface area contributed by atoms with Gasteiger partial charge in [0.05, 0.1) is 21.4 Å². The van der Waals surface area contributed by atoms with Gasteiger partial charge >= 0.3 is 5.97 Å². The van der Waals surface area contributed by atoms with Gasteiger partial charge in [0.25, 0.3) is 5.91 Å². The van der Waals surface area contributed by atoms with E-state index in [1.807, 2.05) is 0 Å². The highest BCUT2D eigenvalue weighted by Crippen LogP contribution is 2.32. The van der Waals surface area contributed by atoms with E-state index in [0.717, 1.165) is 11.5 Å². The Hall–Kier alpha value is -1.70. The lowest BCUT2D eigenvalue weighted by atomic mass is 10.1. The van der Waals surface area contributed by atoms with E-state index in [9.17, 15) is 9.59 Å². The Kier molecular flexibility index (Phi) is 4.22. The first-order chi connectivity index (χ1) is 9.41. The third-order valence-corrected chi connectivity index (χ3v) is 3.87. The lowest BCUT2D eigenvalue weighted by molar-refractivity contribution is 0.0698. The summed E-state index contributed by atoms with van der Waals surface area (Å²) in [6.45, 7) is 1.62. The second-order valence-electron chi connectivity index (χ2n) is 3.73. The average molecular weight is 332 g/mol. The van der Waals surface area contributed by atoms with Crippen LogP contribution in [0.2, 0.25) is 10.0 Å². The summed E-state index contributed by atoms with van der Waals surface area (Å²) < 4.78 is 3.64. The summed E-state index contributed by atoms with van der Waals surface area (Å²) in [5, 5.41) is 15.4. The van der Waals surface area contributed by atoms with Gasteiger partial charge in [0, 0.05) is 0 Å². The number of rotatable bonds is 3. The van der Waals surface area contributed by atoms with Crippen LogP contribution in [0.3, 0.4) is 0 Å². The molecule has 2 N–H and O–H groups in total. The molecule has 9 heteroatoms. The van der Waals surface area contributed by atoms with Crippen LogP contribution in [0.4, 0.5) is 5.69 Å². The Bertz CT molecular complexity index is 702. The molecule has 20 heavy (non-hydrogen) atoms. The molecule has 2 aromatic rings. The van der Waals surface area contributed by atoms with Crippen molar-refractivity contribution in [3.05, 3.63) is 38.3 Å². The van der Waals surface area contributed by atoms with Crippen molar-refractivity contribution in [3.63, 3.8) is 0 Å². The number of amides is 1. The second kappa shape index (κ2) is 5.74. The summed E-state index contributed by atoms with van der Waals surface area (Å²) in [4.78, 5) is 23.5. The number of carbonyl (C=O) groups excluding carboxylic acids is 1. The summed E-state index contributed by atoms with van der Waals surface area (Å²) in [5.74, 6) is -1.82. The zero-order valence-corrected chi connectivity index (χ0v) is 12.3. The summed E-state index contributed by atoms with van der Waals surface area (Å²) in [7, 11) is 0. The largest absolute Gasteiger partial charge is 0.478 e. The molecule has 104 valence electrons. The fraction of sp³-hybridized carbons (Fsp3) is 0.0909. The van der Waals surface area contributed by atoms with Crippen molar-refractivity contribution in [1.29, 1.82) is 0 Å². The average Bonchev–Trinajstić information content (AvgIpc) is 2.79.